The molecule has 0 saturated heterocycles. The summed E-state index contributed by atoms with van der Waals surface area (Å²) in [6, 6.07) is 11.7. The van der Waals surface area contributed by atoms with E-state index >= 15 is 0 Å². The normalized spacial score (nSPS) is 13.3. The molecule has 0 aliphatic rings. The van der Waals surface area contributed by atoms with Crippen LogP contribution in [-0.4, -0.2) is 58.6 Å². The van der Waals surface area contributed by atoms with E-state index in [2.05, 4.69) is 16.0 Å². The van der Waals surface area contributed by atoms with Crippen molar-refractivity contribution in [2.45, 2.75) is 51.2 Å². The Morgan fingerprint density at radius 1 is 0.778 bits per heavy atom. The fourth-order valence-corrected chi connectivity index (χ4v) is 3.63. The van der Waals surface area contributed by atoms with Gasteiger partial charge in [0.1, 0.15) is 23.9 Å². The number of carboxylic acid groups (broad SMARTS) is 1. The second kappa shape index (κ2) is 13.8. The number of hydrogen-bond acceptors (Lipinski definition) is 6. The van der Waals surface area contributed by atoms with Gasteiger partial charge < -0.3 is 31.9 Å². The summed E-state index contributed by atoms with van der Waals surface area (Å²) >= 11 is 0. The molecule has 0 bridgehead atoms. The van der Waals surface area contributed by atoms with Crippen LogP contribution >= 0.6 is 0 Å². The minimum atomic E-state index is -1.26. The number of benzene rings is 2. The molecule has 7 N–H and O–H groups in total. The van der Waals surface area contributed by atoms with E-state index in [1.165, 1.54) is 12.1 Å². The zero-order valence-corrected chi connectivity index (χ0v) is 20.4. The number of carbonyl (C=O) groups is 4. The fraction of sp³-hybridized carbons (Fsp3) is 0.385. The molecule has 3 unspecified atom stereocenters. The maximum absolute atomic E-state index is 13.2. The number of aromatic hydroxyl groups is 1. The van der Waals surface area contributed by atoms with E-state index in [9.17, 15) is 29.4 Å². The molecular weight excluding hydrogens is 464 g/mol. The predicted octanol–water partition coefficient (Wildman–Crippen LogP) is 0.721. The van der Waals surface area contributed by atoms with Crippen molar-refractivity contribution in [1.29, 1.82) is 0 Å². The lowest BCUT2D eigenvalue weighted by Crippen LogP contribution is -2.57. The Hall–Kier alpha value is -3.92. The van der Waals surface area contributed by atoms with Crippen molar-refractivity contribution >= 4 is 23.7 Å². The highest BCUT2D eigenvalue weighted by molar-refractivity contribution is 5.93. The third kappa shape index (κ3) is 9.38. The molecule has 194 valence electrons. The number of carbonyl (C=O) groups excluding carboxylic acids is 3. The molecule has 0 heterocycles. The zero-order chi connectivity index (χ0) is 26.7. The summed E-state index contributed by atoms with van der Waals surface area (Å²) in [4.78, 5) is 50.1. The van der Waals surface area contributed by atoms with Crippen molar-refractivity contribution in [2.24, 2.45) is 11.7 Å². The summed E-state index contributed by atoms with van der Waals surface area (Å²) in [5.41, 5.74) is 6.74. The van der Waals surface area contributed by atoms with Gasteiger partial charge in [-0.3, -0.25) is 14.4 Å². The molecule has 36 heavy (non-hydrogen) atoms. The molecule has 0 saturated carbocycles. The average molecular weight is 499 g/mol. The molecule has 3 atom stereocenters. The maximum Gasteiger partial charge on any atom is 0.326 e. The van der Waals surface area contributed by atoms with E-state index in [1.807, 2.05) is 19.9 Å². The van der Waals surface area contributed by atoms with Crippen LogP contribution < -0.4 is 21.7 Å². The Labute approximate surface area is 210 Å². The lowest BCUT2D eigenvalue weighted by Gasteiger charge is -2.25. The van der Waals surface area contributed by atoms with Crippen molar-refractivity contribution in [3.05, 3.63) is 65.7 Å². The van der Waals surface area contributed by atoms with Crippen LogP contribution in [0.1, 0.15) is 31.4 Å². The fourth-order valence-electron chi connectivity index (χ4n) is 3.63. The first-order chi connectivity index (χ1) is 17.1. The van der Waals surface area contributed by atoms with Gasteiger partial charge in [0.25, 0.3) is 0 Å². The van der Waals surface area contributed by atoms with Crippen molar-refractivity contribution in [3.63, 3.8) is 0 Å². The van der Waals surface area contributed by atoms with Gasteiger partial charge in [-0.05, 0) is 35.6 Å². The van der Waals surface area contributed by atoms with Gasteiger partial charge in [-0.25, -0.2) is 4.79 Å². The predicted molar refractivity (Wildman–Crippen MR) is 134 cm³/mol. The van der Waals surface area contributed by atoms with Crippen LogP contribution in [0.2, 0.25) is 0 Å². The van der Waals surface area contributed by atoms with Crippen LogP contribution in [0.5, 0.6) is 5.75 Å². The average Bonchev–Trinajstić information content (AvgIpc) is 2.84. The lowest BCUT2D eigenvalue weighted by molar-refractivity contribution is -0.142. The second-order valence-electron chi connectivity index (χ2n) is 8.97. The third-order valence-electron chi connectivity index (χ3n) is 5.45. The summed E-state index contributed by atoms with van der Waals surface area (Å²) in [7, 11) is 0. The Kier molecular flexibility index (Phi) is 10.9. The molecule has 0 aromatic heterocycles. The highest BCUT2D eigenvalue weighted by Gasteiger charge is 2.30. The Morgan fingerprint density at radius 2 is 1.31 bits per heavy atom. The van der Waals surface area contributed by atoms with E-state index in [0.29, 0.717) is 12.0 Å². The van der Waals surface area contributed by atoms with Gasteiger partial charge in [-0.1, -0.05) is 56.3 Å². The molecule has 10 nitrogen and oxygen atoms in total. The number of phenolic OH excluding ortho intramolecular Hbond substituents is 1. The highest BCUT2D eigenvalue weighted by Crippen LogP contribution is 2.12. The number of phenols is 1. The second-order valence-corrected chi connectivity index (χ2v) is 8.97. The summed E-state index contributed by atoms with van der Waals surface area (Å²) in [6.07, 6.45) is 0.426. The van der Waals surface area contributed by atoms with Crippen molar-refractivity contribution in [2.75, 3.05) is 6.54 Å². The SMILES string of the molecule is CC(C)CC(NC(=O)CN)C(=O)NC(Cc1ccccc1)C(=O)NC(Cc1ccc(O)cc1)C(=O)O. The zero-order valence-electron chi connectivity index (χ0n) is 20.4. The summed E-state index contributed by atoms with van der Waals surface area (Å²) in [5, 5.41) is 26.9. The van der Waals surface area contributed by atoms with Gasteiger partial charge in [0.05, 0.1) is 6.54 Å². The monoisotopic (exact) mass is 498 g/mol. The number of hydrogen-bond donors (Lipinski definition) is 6. The van der Waals surface area contributed by atoms with Crippen molar-refractivity contribution in [3.8, 4) is 5.75 Å². The number of nitrogens with one attached hydrogen (secondary N) is 3. The summed E-state index contributed by atoms with van der Waals surface area (Å²) in [6.45, 7) is 3.50. The maximum atomic E-state index is 13.2. The molecule has 0 aliphatic carbocycles. The molecule has 0 aliphatic heterocycles. The third-order valence-corrected chi connectivity index (χ3v) is 5.45. The smallest absolute Gasteiger partial charge is 0.326 e. The Balaban J connectivity index is 2.23. The molecule has 10 heteroatoms. The molecule has 0 radical (unpaired) electrons. The van der Waals surface area contributed by atoms with Gasteiger partial charge in [0.15, 0.2) is 0 Å². The quantitative estimate of drug-likeness (QED) is 0.236. The minimum absolute atomic E-state index is 0.0180. The number of carboxylic acids is 1. The van der Waals surface area contributed by atoms with E-state index in [-0.39, 0.29) is 31.1 Å². The largest absolute Gasteiger partial charge is 0.508 e. The van der Waals surface area contributed by atoms with Crippen LogP contribution in [-0.2, 0) is 32.0 Å². The van der Waals surface area contributed by atoms with Gasteiger partial charge in [-0.2, -0.15) is 0 Å². The van der Waals surface area contributed by atoms with E-state index in [0.717, 1.165) is 5.56 Å². The lowest BCUT2D eigenvalue weighted by atomic mass is 10.0. The first-order valence-corrected chi connectivity index (χ1v) is 11.7. The van der Waals surface area contributed by atoms with Gasteiger partial charge in [0, 0.05) is 12.8 Å². The molecule has 0 fully saturated rings. The summed E-state index contributed by atoms with van der Waals surface area (Å²) < 4.78 is 0. The minimum Gasteiger partial charge on any atom is -0.508 e. The van der Waals surface area contributed by atoms with Crippen LogP contribution in [0.15, 0.2) is 54.6 Å². The van der Waals surface area contributed by atoms with E-state index in [4.69, 9.17) is 5.73 Å². The molecule has 0 spiro atoms. The first kappa shape index (κ1) is 28.3. The molecule has 2 aromatic rings. The topological polar surface area (TPSA) is 171 Å². The van der Waals surface area contributed by atoms with Gasteiger partial charge in [-0.15, -0.1) is 0 Å². The van der Waals surface area contributed by atoms with Crippen molar-refractivity contribution < 1.29 is 29.4 Å². The standard InChI is InChI=1S/C26H34N4O6/c1-16(2)12-20(28-23(32)15-27)24(33)29-21(13-17-6-4-3-5-7-17)25(34)30-22(26(35)36)14-18-8-10-19(31)11-9-18/h3-11,16,20-22,31H,12-15,27H2,1-2H3,(H,28,32)(H,29,33)(H,30,34)(H,35,36). The molecule has 3 amide bonds. The number of amides is 3. The molecular formula is C26H34N4O6. The Bertz CT molecular complexity index is 1030. The van der Waals surface area contributed by atoms with Crippen LogP contribution in [0.25, 0.3) is 0 Å². The number of nitrogens with two attached hydrogens (primary N) is 1. The van der Waals surface area contributed by atoms with Gasteiger partial charge in [0.2, 0.25) is 17.7 Å². The van der Waals surface area contributed by atoms with Crippen LogP contribution in [0.3, 0.4) is 0 Å². The van der Waals surface area contributed by atoms with Gasteiger partial charge >= 0.3 is 5.97 Å². The number of aliphatic carboxylic acids is 1. The first-order valence-electron chi connectivity index (χ1n) is 11.7. The van der Waals surface area contributed by atoms with E-state index < -0.39 is 41.8 Å². The highest BCUT2D eigenvalue weighted by atomic mass is 16.4. The van der Waals surface area contributed by atoms with Crippen LogP contribution in [0, 0.1) is 5.92 Å². The van der Waals surface area contributed by atoms with E-state index in [1.54, 1.807) is 36.4 Å². The Morgan fingerprint density at radius 3 is 1.86 bits per heavy atom. The van der Waals surface area contributed by atoms with Crippen LogP contribution in [0.4, 0.5) is 0 Å². The molecule has 2 aromatic carbocycles. The van der Waals surface area contributed by atoms with Crippen molar-refractivity contribution in [1.82, 2.24) is 16.0 Å². The molecule has 2 rings (SSSR count). The summed E-state index contributed by atoms with van der Waals surface area (Å²) in [5.74, 6) is -2.87. The number of rotatable bonds is 13.